The van der Waals surface area contributed by atoms with Gasteiger partial charge >= 0.3 is 0 Å². The van der Waals surface area contributed by atoms with E-state index in [0.717, 1.165) is 0 Å². The van der Waals surface area contributed by atoms with Gasteiger partial charge in [-0.05, 0) is 18.2 Å². The highest BCUT2D eigenvalue weighted by Gasteiger charge is 2.09. The molecular weight excluding hydrogens is 218 g/mol. The molecule has 0 aromatic carbocycles. The van der Waals surface area contributed by atoms with Crippen molar-refractivity contribution in [2.24, 2.45) is 0 Å². The molecule has 0 spiro atoms. The number of amides is 1. The van der Waals surface area contributed by atoms with Crippen LogP contribution in [-0.2, 0) is 6.54 Å². The molecule has 2 aromatic rings. The van der Waals surface area contributed by atoms with Gasteiger partial charge < -0.3 is 15.0 Å². The minimum Gasteiger partial charge on any atom is -0.505 e. The molecule has 2 N–H and O–H groups in total. The molecule has 0 radical (unpaired) electrons. The van der Waals surface area contributed by atoms with Crippen LogP contribution in [0.25, 0.3) is 0 Å². The van der Waals surface area contributed by atoms with Crippen molar-refractivity contribution in [3.05, 3.63) is 48.5 Å². The predicted molar refractivity (Wildman–Crippen MR) is 62.7 cm³/mol. The van der Waals surface area contributed by atoms with Crippen LogP contribution in [0.4, 0.5) is 0 Å². The number of carbonyl (C=O) groups excluding carboxylic acids is 1. The van der Waals surface area contributed by atoms with Gasteiger partial charge in [0, 0.05) is 31.7 Å². The Kier molecular flexibility index (Phi) is 3.40. The van der Waals surface area contributed by atoms with Crippen LogP contribution in [0.3, 0.4) is 0 Å². The Balaban J connectivity index is 1.88. The fraction of sp³-hybridized carbons (Fsp3) is 0.167. The van der Waals surface area contributed by atoms with Crippen LogP contribution in [0.1, 0.15) is 10.4 Å². The van der Waals surface area contributed by atoms with Gasteiger partial charge in [0.05, 0.1) is 11.8 Å². The number of nitrogens with zero attached hydrogens (tertiary/aromatic N) is 2. The monoisotopic (exact) mass is 231 g/mol. The number of hydrogen-bond acceptors (Lipinski definition) is 3. The number of rotatable bonds is 4. The highest BCUT2D eigenvalue weighted by atomic mass is 16.3. The van der Waals surface area contributed by atoms with E-state index in [4.69, 9.17) is 0 Å². The molecule has 2 rings (SSSR count). The van der Waals surface area contributed by atoms with Crippen molar-refractivity contribution in [2.45, 2.75) is 6.54 Å². The summed E-state index contributed by atoms with van der Waals surface area (Å²) in [5, 5.41) is 12.2. The van der Waals surface area contributed by atoms with E-state index in [1.807, 2.05) is 29.1 Å². The van der Waals surface area contributed by atoms with Crippen molar-refractivity contribution in [3.8, 4) is 5.75 Å². The molecule has 0 saturated carbocycles. The zero-order valence-corrected chi connectivity index (χ0v) is 9.21. The average Bonchev–Trinajstić information content (AvgIpc) is 2.82. The summed E-state index contributed by atoms with van der Waals surface area (Å²) in [6.45, 7) is 1.21. The van der Waals surface area contributed by atoms with Crippen LogP contribution < -0.4 is 5.32 Å². The van der Waals surface area contributed by atoms with Gasteiger partial charge in [0.15, 0.2) is 0 Å². The van der Waals surface area contributed by atoms with Crippen molar-refractivity contribution < 1.29 is 9.90 Å². The molecule has 88 valence electrons. The number of aromatic nitrogens is 2. The van der Waals surface area contributed by atoms with E-state index >= 15 is 0 Å². The Labute approximate surface area is 98.7 Å². The van der Waals surface area contributed by atoms with Crippen molar-refractivity contribution in [3.63, 3.8) is 0 Å². The van der Waals surface area contributed by atoms with Gasteiger partial charge in [-0.3, -0.25) is 9.78 Å². The van der Waals surface area contributed by atoms with Crippen molar-refractivity contribution >= 4 is 5.91 Å². The van der Waals surface area contributed by atoms with E-state index in [1.165, 1.54) is 18.5 Å². The van der Waals surface area contributed by atoms with E-state index in [0.29, 0.717) is 13.1 Å². The van der Waals surface area contributed by atoms with Gasteiger partial charge in [0.1, 0.15) is 5.75 Å². The quantitative estimate of drug-likeness (QED) is 0.825. The highest BCUT2D eigenvalue weighted by molar-refractivity contribution is 5.96. The molecule has 5 nitrogen and oxygen atoms in total. The zero-order chi connectivity index (χ0) is 12.1. The summed E-state index contributed by atoms with van der Waals surface area (Å²) in [4.78, 5) is 15.4. The third-order valence-corrected chi connectivity index (χ3v) is 2.37. The van der Waals surface area contributed by atoms with E-state index < -0.39 is 0 Å². The van der Waals surface area contributed by atoms with E-state index in [-0.39, 0.29) is 17.2 Å². The molecule has 17 heavy (non-hydrogen) atoms. The maximum Gasteiger partial charge on any atom is 0.255 e. The molecule has 1 amide bonds. The van der Waals surface area contributed by atoms with Crippen LogP contribution in [0.5, 0.6) is 5.75 Å². The Morgan fingerprint density at radius 1 is 1.41 bits per heavy atom. The summed E-state index contributed by atoms with van der Waals surface area (Å²) in [7, 11) is 0. The van der Waals surface area contributed by atoms with Crippen LogP contribution in [0.2, 0.25) is 0 Å². The average molecular weight is 231 g/mol. The summed E-state index contributed by atoms with van der Waals surface area (Å²) in [6.07, 6.45) is 6.58. The van der Waals surface area contributed by atoms with Crippen LogP contribution >= 0.6 is 0 Å². The van der Waals surface area contributed by atoms with Gasteiger partial charge in [-0.2, -0.15) is 0 Å². The Bertz CT molecular complexity index is 494. The standard InChI is InChI=1S/C12H13N3O2/c16-11-9-13-4-3-10(11)12(17)14-5-8-15-6-1-2-7-15/h1-4,6-7,9,16H,5,8H2,(H,14,17). The first-order valence-corrected chi connectivity index (χ1v) is 5.29. The molecule has 0 aliphatic carbocycles. The van der Waals surface area contributed by atoms with Crippen LogP contribution in [0.15, 0.2) is 43.0 Å². The molecule has 0 aliphatic rings. The number of hydrogen-bond donors (Lipinski definition) is 2. The van der Waals surface area contributed by atoms with Gasteiger partial charge in [0.2, 0.25) is 0 Å². The molecule has 0 atom stereocenters. The predicted octanol–water partition coefficient (Wildman–Crippen LogP) is 1.02. The molecule has 0 aliphatic heterocycles. The minimum atomic E-state index is -0.294. The van der Waals surface area contributed by atoms with Crippen molar-refractivity contribution in [1.82, 2.24) is 14.9 Å². The van der Waals surface area contributed by atoms with Crippen molar-refractivity contribution in [1.29, 1.82) is 0 Å². The summed E-state index contributed by atoms with van der Waals surface area (Å²) in [6, 6.07) is 5.34. The molecule has 5 heteroatoms. The first-order chi connectivity index (χ1) is 8.27. The first kappa shape index (κ1) is 11.2. The third-order valence-electron chi connectivity index (χ3n) is 2.37. The lowest BCUT2D eigenvalue weighted by Gasteiger charge is -2.07. The van der Waals surface area contributed by atoms with E-state index in [1.54, 1.807) is 0 Å². The number of carbonyl (C=O) groups is 1. The van der Waals surface area contributed by atoms with Gasteiger partial charge in [-0.25, -0.2) is 0 Å². The number of pyridine rings is 1. The van der Waals surface area contributed by atoms with E-state index in [9.17, 15) is 9.90 Å². The Morgan fingerprint density at radius 2 is 2.18 bits per heavy atom. The summed E-state index contributed by atoms with van der Waals surface area (Å²) in [5.74, 6) is -0.400. The SMILES string of the molecule is O=C(NCCn1cccc1)c1ccncc1O. The summed E-state index contributed by atoms with van der Waals surface area (Å²) < 4.78 is 1.96. The molecule has 0 bridgehead atoms. The van der Waals surface area contributed by atoms with E-state index in [2.05, 4.69) is 10.3 Å². The van der Waals surface area contributed by atoms with Gasteiger partial charge in [0.25, 0.3) is 5.91 Å². The first-order valence-electron chi connectivity index (χ1n) is 5.29. The maximum atomic E-state index is 11.7. The number of nitrogens with one attached hydrogen (secondary N) is 1. The van der Waals surface area contributed by atoms with Gasteiger partial charge in [-0.1, -0.05) is 0 Å². The summed E-state index contributed by atoms with van der Waals surface area (Å²) in [5.41, 5.74) is 0.243. The maximum absolute atomic E-state index is 11.7. The van der Waals surface area contributed by atoms with Crippen molar-refractivity contribution in [2.75, 3.05) is 6.54 Å². The molecule has 0 saturated heterocycles. The highest BCUT2D eigenvalue weighted by Crippen LogP contribution is 2.12. The minimum absolute atomic E-state index is 0.106. The summed E-state index contributed by atoms with van der Waals surface area (Å²) >= 11 is 0. The third kappa shape index (κ3) is 2.84. The molecule has 2 heterocycles. The normalized spacial score (nSPS) is 10.1. The second-order valence-electron chi connectivity index (χ2n) is 3.57. The second-order valence-corrected chi connectivity index (χ2v) is 3.57. The Hall–Kier alpha value is -2.30. The van der Waals surface area contributed by atoms with Crippen LogP contribution in [-0.4, -0.2) is 27.1 Å². The molecular formula is C12H13N3O2. The number of aromatic hydroxyl groups is 1. The smallest absolute Gasteiger partial charge is 0.255 e. The molecule has 0 fully saturated rings. The molecule has 2 aromatic heterocycles. The topological polar surface area (TPSA) is 67.2 Å². The lowest BCUT2D eigenvalue weighted by atomic mass is 10.2. The fourth-order valence-electron chi connectivity index (χ4n) is 1.49. The molecule has 0 unspecified atom stereocenters. The Morgan fingerprint density at radius 3 is 2.88 bits per heavy atom. The largest absolute Gasteiger partial charge is 0.505 e. The van der Waals surface area contributed by atoms with Gasteiger partial charge in [-0.15, -0.1) is 0 Å². The zero-order valence-electron chi connectivity index (χ0n) is 9.21. The second kappa shape index (κ2) is 5.16. The lowest BCUT2D eigenvalue weighted by molar-refractivity contribution is 0.0949. The fourth-order valence-corrected chi connectivity index (χ4v) is 1.49. The lowest BCUT2D eigenvalue weighted by Crippen LogP contribution is -2.27. The van der Waals surface area contributed by atoms with Crippen LogP contribution in [0, 0.1) is 0 Å².